The zero-order valence-corrected chi connectivity index (χ0v) is 8.29. The van der Waals surface area contributed by atoms with E-state index >= 15 is 0 Å². The molecule has 1 heterocycles. The van der Waals surface area contributed by atoms with Gasteiger partial charge in [0.1, 0.15) is 5.76 Å². The molecule has 0 aromatic carbocycles. The van der Waals surface area contributed by atoms with Gasteiger partial charge in [-0.1, -0.05) is 5.16 Å². The number of hydrogen-bond acceptors (Lipinski definition) is 4. The number of aryl methyl sites for hydroxylation is 2. The van der Waals surface area contributed by atoms with Gasteiger partial charge in [-0.05, 0) is 20.8 Å². The van der Waals surface area contributed by atoms with E-state index in [1.54, 1.807) is 0 Å². The number of rotatable bonds is 4. The third-order valence-corrected chi connectivity index (χ3v) is 2.08. The van der Waals surface area contributed by atoms with E-state index in [1.165, 1.54) is 0 Å². The van der Waals surface area contributed by atoms with E-state index in [2.05, 4.69) is 10.5 Å². The van der Waals surface area contributed by atoms with Gasteiger partial charge in [-0.25, -0.2) is 0 Å². The topological polar surface area (TPSA) is 58.3 Å². The van der Waals surface area contributed by atoms with Crippen LogP contribution in [0.3, 0.4) is 0 Å². The van der Waals surface area contributed by atoms with Gasteiger partial charge < -0.3 is 14.9 Å². The molecule has 0 radical (unpaired) electrons. The largest absolute Gasteiger partial charge is 0.395 e. The zero-order chi connectivity index (χ0) is 9.84. The molecule has 0 aliphatic heterocycles. The summed E-state index contributed by atoms with van der Waals surface area (Å²) in [6, 6.07) is 0.105. The molecule has 1 rings (SSSR count). The van der Waals surface area contributed by atoms with Crippen molar-refractivity contribution in [1.82, 2.24) is 10.5 Å². The van der Waals surface area contributed by atoms with Crippen LogP contribution in [0.1, 0.15) is 23.9 Å². The standard InChI is InChI=1S/C9H16N2O2/c1-6(5-12)10-4-9-7(2)11-13-8(9)3/h6,10,12H,4-5H2,1-3H3/t6-/m1/s1. The summed E-state index contributed by atoms with van der Waals surface area (Å²) in [7, 11) is 0. The molecule has 4 nitrogen and oxygen atoms in total. The average molecular weight is 184 g/mol. The highest BCUT2D eigenvalue weighted by Crippen LogP contribution is 2.11. The number of nitrogens with one attached hydrogen (secondary N) is 1. The predicted octanol–water partition coefficient (Wildman–Crippen LogP) is 0.762. The molecule has 13 heavy (non-hydrogen) atoms. The minimum atomic E-state index is 0.105. The van der Waals surface area contributed by atoms with Crippen molar-refractivity contribution in [3.63, 3.8) is 0 Å². The van der Waals surface area contributed by atoms with Gasteiger partial charge in [0.25, 0.3) is 0 Å². The van der Waals surface area contributed by atoms with E-state index < -0.39 is 0 Å². The molecule has 0 aliphatic carbocycles. The van der Waals surface area contributed by atoms with Crippen LogP contribution in [-0.4, -0.2) is 22.9 Å². The average Bonchev–Trinajstić information content (AvgIpc) is 2.43. The molecular formula is C9H16N2O2. The van der Waals surface area contributed by atoms with Gasteiger partial charge in [0.15, 0.2) is 0 Å². The maximum Gasteiger partial charge on any atom is 0.138 e. The van der Waals surface area contributed by atoms with Crippen LogP contribution in [-0.2, 0) is 6.54 Å². The van der Waals surface area contributed by atoms with Gasteiger partial charge in [-0.3, -0.25) is 0 Å². The summed E-state index contributed by atoms with van der Waals surface area (Å²) in [5, 5.41) is 15.8. The lowest BCUT2D eigenvalue weighted by molar-refractivity contribution is 0.251. The van der Waals surface area contributed by atoms with Crippen LogP contribution in [0.15, 0.2) is 4.52 Å². The fraction of sp³-hybridized carbons (Fsp3) is 0.667. The normalized spacial score (nSPS) is 13.2. The molecule has 0 fully saturated rings. The lowest BCUT2D eigenvalue weighted by Crippen LogP contribution is -2.28. The lowest BCUT2D eigenvalue weighted by Gasteiger charge is -2.09. The van der Waals surface area contributed by atoms with Crippen LogP contribution in [0.2, 0.25) is 0 Å². The molecule has 0 saturated heterocycles. The van der Waals surface area contributed by atoms with E-state index in [0.29, 0.717) is 6.54 Å². The van der Waals surface area contributed by atoms with Crippen molar-refractivity contribution < 1.29 is 9.63 Å². The summed E-state index contributed by atoms with van der Waals surface area (Å²) in [4.78, 5) is 0. The summed E-state index contributed by atoms with van der Waals surface area (Å²) < 4.78 is 5.01. The Kier molecular flexibility index (Phi) is 3.45. The molecule has 1 atom stereocenters. The van der Waals surface area contributed by atoms with Crippen LogP contribution in [0.25, 0.3) is 0 Å². The molecule has 1 aromatic heterocycles. The predicted molar refractivity (Wildman–Crippen MR) is 49.4 cm³/mol. The Balaban J connectivity index is 2.53. The quantitative estimate of drug-likeness (QED) is 0.725. The van der Waals surface area contributed by atoms with Crippen LogP contribution in [0, 0.1) is 13.8 Å². The van der Waals surface area contributed by atoms with Crippen LogP contribution in [0.5, 0.6) is 0 Å². The number of aliphatic hydroxyl groups is 1. The highest BCUT2D eigenvalue weighted by molar-refractivity contribution is 5.20. The Bertz CT molecular complexity index is 251. The maximum absolute atomic E-state index is 8.80. The second-order valence-electron chi connectivity index (χ2n) is 3.27. The Labute approximate surface area is 77.9 Å². The first-order valence-electron chi connectivity index (χ1n) is 4.41. The van der Waals surface area contributed by atoms with Crippen molar-refractivity contribution in [2.75, 3.05) is 6.61 Å². The van der Waals surface area contributed by atoms with Gasteiger partial charge in [0.05, 0.1) is 12.3 Å². The van der Waals surface area contributed by atoms with Gasteiger partial charge in [-0.15, -0.1) is 0 Å². The number of aliphatic hydroxyl groups excluding tert-OH is 1. The molecule has 1 aromatic rings. The SMILES string of the molecule is Cc1noc(C)c1CN[C@H](C)CO. The van der Waals surface area contributed by atoms with Gasteiger partial charge in [0.2, 0.25) is 0 Å². The van der Waals surface area contributed by atoms with Crippen molar-refractivity contribution in [3.05, 3.63) is 17.0 Å². The third kappa shape index (κ3) is 2.54. The van der Waals surface area contributed by atoms with Crippen molar-refractivity contribution in [2.24, 2.45) is 0 Å². The Morgan fingerprint density at radius 2 is 2.23 bits per heavy atom. The summed E-state index contributed by atoms with van der Waals surface area (Å²) in [6.45, 7) is 6.57. The highest BCUT2D eigenvalue weighted by Gasteiger charge is 2.09. The van der Waals surface area contributed by atoms with Crippen molar-refractivity contribution in [2.45, 2.75) is 33.4 Å². The number of aromatic nitrogens is 1. The summed E-state index contributed by atoms with van der Waals surface area (Å²) in [5.41, 5.74) is 2.00. The fourth-order valence-electron chi connectivity index (χ4n) is 1.10. The lowest BCUT2D eigenvalue weighted by atomic mass is 10.2. The fourth-order valence-corrected chi connectivity index (χ4v) is 1.10. The first-order valence-corrected chi connectivity index (χ1v) is 4.41. The third-order valence-electron chi connectivity index (χ3n) is 2.08. The van der Waals surface area contributed by atoms with E-state index in [-0.39, 0.29) is 12.6 Å². The van der Waals surface area contributed by atoms with Gasteiger partial charge in [0, 0.05) is 18.2 Å². The van der Waals surface area contributed by atoms with Crippen molar-refractivity contribution >= 4 is 0 Å². The van der Waals surface area contributed by atoms with E-state index in [1.807, 2.05) is 20.8 Å². The molecule has 4 heteroatoms. The van der Waals surface area contributed by atoms with Gasteiger partial charge in [-0.2, -0.15) is 0 Å². The van der Waals surface area contributed by atoms with Crippen LogP contribution in [0.4, 0.5) is 0 Å². The minimum Gasteiger partial charge on any atom is -0.395 e. The maximum atomic E-state index is 8.80. The second kappa shape index (κ2) is 4.39. The van der Waals surface area contributed by atoms with Crippen molar-refractivity contribution in [1.29, 1.82) is 0 Å². The van der Waals surface area contributed by atoms with E-state index in [4.69, 9.17) is 9.63 Å². The van der Waals surface area contributed by atoms with Crippen LogP contribution >= 0.6 is 0 Å². The molecule has 0 spiro atoms. The minimum absolute atomic E-state index is 0.105. The highest BCUT2D eigenvalue weighted by atomic mass is 16.5. The van der Waals surface area contributed by atoms with E-state index in [0.717, 1.165) is 17.0 Å². The molecule has 2 N–H and O–H groups in total. The summed E-state index contributed by atoms with van der Waals surface area (Å²) in [5.74, 6) is 0.843. The smallest absolute Gasteiger partial charge is 0.138 e. The Hall–Kier alpha value is -0.870. The Morgan fingerprint density at radius 3 is 2.69 bits per heavy atom. The Morgan fingerprint density at radius 1 is 1.54 bits per heavy atom. The molecular weight excluding hydrogens is 168 g/mol. The molecule has 0 aliphatic rings. The van der Waals surface area contributed by atoms with Gasteiger partial charge >= 0.3 is 0 Å². The monoisotopic (exact) mass is 184 g/mol. The summed E-state index contributed by atoms with van der Waals surface area (Å²) >= 11 is 0. The molecule has 0 bridgehead atoms. The first-order chi connectivity index (χ1) is 6.15. The molecule has 0 unspecified atom stereocenters. The first kappa shape index (κ1) is 10.2. The number of hydrogen-bond donors (Lipinski definition) is 2. The van der Waals surface area contributed by atoms with Crippen LogP contribution < -0.4 is 5.32 Å². The zero-order valence-electron chi connectivity index (χ0n) is 8.29. The summed E-state index contributed by atoms with van der Waals surface area (Å²) in [6.07, 6.45) is 0. The molecule has 0 saturated carbocycles. The number of nitrogens with zero attached hydrogens (tertiary/aromatic N) is 1. The van der Waals surface area contributed by atoms with E-state index in [9.17, 15) is 0 Å². The molecule has 74 valence electrons. The second-order valence-corrected chi connectivity index (χ2v) is 3.27. The molecule has 0 amide bonds. The van der Waals surface area contributed by atoms with Crippen molar-refractivity contribution in [3.8, 4) is 0 Å².